The Balaban J connectivity index is 1.72. The van der Waals surface area contributed by atoms with E-state index in [1.54, 1.807) is 52.2 Å². The van der Waals surface area contributed by atoms with Crippen molar-refractivity contribution in [2.24, 2.45) is 0 Å². The van der Waals surface area contributed by atoms with Crippen molar-refractivity contribution in [3.63, 3.8) is 0 Å². The predicted molar refractivity (Wildman–Crippen MR) is 105 cm³/mol. The lowest BCUT2D eigenvalue weighted by Crippen LogP contribution is -2.30. The molecule has 6 heteroatoms. The van der Waals surface area contributed by atoms with Crippen LogP contribution in [0.3, 0.4) is 0 Å². The van der Waals surface area contributed by atoms with E-state index in [-0.39, 0.29) is 11.8 Å². The third-order valence-electron chi connectivity index (χ3n) is 4.32. The van der Waals surface area contributed by atoms with Gasteiger partial charge in [-0.25, -0.2) is 4.68 Å². The lowest BCUT2D eigenvalue weighted by Gasteiger charge is -2.19. The van der Waals surface area contributed by atoms with Crippen LogP contribution in [0.15, 0.2) is 67.0 Å². The van der Waals surface area contributed by atoms with Crippen LogP contribution in [0.25, 0.3) is 5.69 Å². The molecule has 3 aromatic rings. The van der Waals surface area contributed by atoms with Gasteiger partial charge in [0.15, 0.2) is 0 Å². The molecular weight excluding hydrogens is 340 g/mol. The van der Waals surface area contributed by atoms with Crippen molar-refractivity contribution in [1.82, 2.24) is 14.7 Å². The van der Waals surface area contributed by atoms with Crippen LogP contribution in [0.1, 0.15) is 34.6 Å². The van der Waals surface area contributed by atoms with Crippen LogP contribution < -0.4 is 5.32 Å². The summed E-state index contributed by atoms with van der Waals surface area (Å²) in [5.74, 6) is -0.269. The summed E-state index contributed by atoms with van der Waals surface area (Å²) >= 11 is 0. The Morgan fingerprint density at radius 2 is 1.74 bits per heavy atom. The highest BCUT2D eigenvalue weighted by Gasteiger charge is 2.13. The molecule has 1 N–H and O–H groups in total. The minimum Gasteiger partial charge on any atom is -0.339 e. The van der Waals surface area contributed by atoms with Gasteiger partial charge in [-0.15, -0.1) is 0 Å². The standard InChI is InChI=1S/C21H22N4O2/c1-3-24(4-2)21(27)17-7-5-8-18(15-17)23-20(26)16-9-11-19(12-10-16)25-14-6-13-22-25/h5-15H,3-4H2,1-2H3,(H,23,26). The van der Waals surface area contributed by atoms with Crippen LogP contribution in [0.5, 0.6) is 0 Å². The Kier molecular flexibility index (Phi) is 5.66. The quantitative estimate of drug-likeness (QED) is 0.728. The summed E-state index contributed by atoms with van der Waals surface area (Å²) in [6.07, 6.45) is 3.54. The first-order chi connectivity index (χ1) is 13.1. The molecule has 0 saturated carbocycles. The van der Waals surface area contributed by atoms with Crippen molar-refractivity contribution in [3.8, 4) is 5.69 Å². The van der Waals surface area contributed by atoms with Crippen molar-refractivity contribution in [2.75, 3.05) is 18.4 Å². The largest absolute Gasteiger partial charge is 0.339 e. The fourth-order valence-electron chi connectivity index (χ4n) is 2.81. The maximum absolute atomic E-state index is 12.5. The van der Waals surface area contributed by atoms with Crippen LogP contribution in [0.2, 0.25) is 0 Å². The van der Waals surface area contributed by atoms with Gasteiger partial charge in [0.05, 0.1) is 5.69 Å². The molecule has 0 aliphatic heterocycles. The van der Waals surface area contributed by atoms with Gasteiger partial charge in [-0.1, -0.05) is 6.07 Å². The number of anilines is 1. The van der Waals surface area contributed by atoms with E-state index >= 15 is 0 Å². The molecule has 0 bridgehead atoms. The molecule has 2 aromatic carbocycles. The summed E-state index contributed by atoms with van der Waals surface area (Å²) in [5, 5.41) is 7.01. The summed E-state index contributed by atoms with van der Waals surface area (Å²) in [7, 11) is 0. The van der Waals surface area contributed by atoms with Gasteiger partial charge in [-0.3, -0.25) is 9.59 Å². The van der Waals surface area contributed by atoms with Gasteiger partial charge >= 0.3 is 0 Å². The molecule has 27 heavy (non-hydrogen) atoms. The maximum Gasteiger partial charge on any atom is 0.255 e. The second kappa shape index (κ2) is 8.31. The minimum absolute atomic E-state index is 0.0420. The highest BCUT2D eigenvalue weighted by atomic mass is 16.2. The SMILES string of the molecule is CCN(CC)C(=O)c1cccc(NC(=O)c2ccc(-n3cccn3)cc2)c1. The molecule has 0 aliphatic rings. The normalized spacial score (nSPS) is 10.4. The van der Waals surface area contributed by atoms with E-state index in [4.69, 9.17) is 0 Å². The van der Waals surface area contributed by atoms with Crippen LogP contribution >= 0.6 is 0 Å². The highest BCUT2D eigenvalue weighted by Crippen LogP contribution is 2.15. The Bertz CT molecular complexity index is 914. The summed E-state index contributed by atoms with van der Waals surface area (Å²) in [4.78, 5) is 26.7. The number of rotatable bonds is 6. The second-order valence-corrected chi connectivity index (χ2v) is 6.01. The molecule has 0 radical (unpaired) electrons. The first-order valence-electron chi connectivity index (χ1n) is 8.93. The van der Waals surface area contributed by atoms with Gasteiger partial charge in [0.1, 0.15) is 0 Å². The van der Waals surface area contributed by atoms with Gasteiger partial charge in [-0.2, -0.15) is 5.10 Å². The van der Waals surface area contributed by atoms with E-state index in [1.165, 1.54) is 0 Å². The van der Waals surface area contributed by atoms with Gasteiger partial charge in [0.2, 0.25) is 0 Å². The predicted octanol–water partition coefficient (Wildman–Crippen LogP) is 3.61. The number of nitrogens with one attached hydrogen (secondary N) is 1. The highest BCUT2D eigenvalue weighted by molar-refractivity contribution is 6.05. The fraction of sp³-hybridized carbons (Fsp3) is 0.190. The van der Waals surface area contributed by atoms with E-state index in [0.717, 1.165) is 5.69 Å². The molecule has 1 aromatic heterocycles. The van der Waals surface area contributed by atoms with Crippen LogP contribution in [0, 0.1) is 0 Å². The molecule has 0 spiro atoms. The van der Waals surface area contributed by atoms with E-state index in [9.17, 15) is 9.59 Å². The first-order valence-corrected chi connectivity index (χ1v) is 8.93. The van der Waals surface area contributed by atoms with Gasteiger partial charge in [0, 0.05) is 42.3 Å². The smallest absolute Gasteiger partial charge is 0.255 e. The summed E-state index contributed by atoms with van der Waals surface area (Å²) in [6.45, 7) is 5.18. The second-order valence-electron chi connectivity index (χ2n) is 6.01. The minimum atomic E-state index is -0.227. The average molecular weight is 362 g/mol. The molecule has 138 valence electrons. The molecule has 0 fully saturated rings. The number of nitrogens with zero attached hydrogens (tertiary/aromatic N) is 3. The number of carbonyl (C=O) groups excluding carboxylic acids is 2. The van der Waals surface area contributed by atoms with Crippen molar-refractivity contribution < 1.29 is 9.59 Å². The number of carbonyl (C=O) groups is 2. The third kappa shape index (κ3) is 4.23. The van der Waals surface area contributed by atoms with Crippen molar-refractivity contribution in [1.29, 1.82) is 0 Å². The zero-order valence-electron chi connectivity index (χ0n) is 15.4. The lowest BCUT2D eigenvalue weighted by atomic mass is 10.1. The number of amides is 2. The molecule has 3 rings (SSSR count). The zero-order valence-corrected chi connectivity index (χ0v) is 15.4. The van der Waals surface area contributed by atoms with Gasteiger partial charge in [-0.05, 0) is 62.4 Å². The molecule has 0 aliphatic carbocycles. The molecule has 1 heterocycles. The topological polar surface area (TPSA) is 67.2 Å². The van der Waals surface area contributed by atoms with E-state index in [1.807, 2.05) is 38.2 Å². The van der Waals surface area contributed by atoms with Crippen molar-refractivity contribution >= 4 is 17.5 Å². The Labute approximate surface area is 158 Å². The first kappa shape index (κ1) is 18.4. The summed E-state index contributed by atoms with van der Waals surface area (Å²) in [6, 6.07) is 16.0. The number of aromatic nitrogens is 2. The van der Waals surface area contributed by atoms with Gasteiger partial charge < -0.3 is 10.2 Å². The van der Waals surface area contributed by atoms with E-state index < -0.39 is 0 Å². The summed E-state index contributed by atoms with van der Waals surface area (Å²) < 4.78 is 1.73. The number of hydrogen-bond acceptors (Lipinski definition) is 3. The van der Waals surface area contributed by atoms with Crippen LogP contribution in [0.4, 0.5) is 5.69 Å². The number of hydrogen-bond donors (Lipinski definition) is 1. The molecule has 2 amide bonds. The lowest BCUT2D eigenvalue weighted by molar-refractivity contribution is 0.0772. The average Bonchev–Trinajstić information content (AvgIpc) is 3.24. The van der Waals surface area contributed by atoms with Gasteiger partial charge in [0.25, 0.3) is 11.8 Å². The fourth-order valence-corrected chi connectivity index (χ4v) is 2.81. The molecule has 0 atom stereocenters. The van der Waals surface area contributed by atoms with E-state index in [2.05, 4.69) is 10.4 Å². The Morgan fingerprint density at radius 3 is 2.37 bits per heavy atom. The zero-order chi connectivity index (χ0) is 19.2. The Hall–Kier alpha value is -3.41. The van der Waals surface area contributed by atoms with Crippen LogP contribution in [-0.2, 0) is 0 Å². The Morgan fingerprint density at radius 1 is 1.00 bits per heavy atom. The van der Waals surface area contributed by atoms with Crippen LogP contribution in [-0.4, -0.2) is 39.6 Å². The van der Waals surface area contributed by atoms with Crippen molar-refractivity contribution in [3.05, 3.63) is 78.1 Å². The molecule has 6 nitrogen and oxygen atoms in total. The van der Waals surface area contributed by atoms with E-state index in [0.29, 0.717) is 29.9 Å². The maximum atomic E-state index is 12.5. The molecule has 0 unspecified atom stereocenters. The third-order valence-corrected chi connectivity index (χ3v) is 4.32. The number of benzene rings is 2. The molecular formula is C21H22N4O2. The monoisotopic (exact) mass is 362 g/mol. The summed E-state index contributed by atoms with van der Waals surface area (Å²) in [5.41, 5.74) is 2.56. The van der Waals surface area contributed by atoms with Crippen molar-refractivity contribution in [2.45, 2.75) is 13.8 Å². The molecule has 0 saturated heterocycles.